The zero-order valence-corrected chi connectivity index (χ0v) is 18.8. The molecule has 7 nitrogen and oxygen atoms in total. The molecule has 0 saturated heterocycles. The number of esters is 1. The summed E-state index contributed by atoms with van der Waals surface area (Å²) in [5, 5.41) is 13.3. The van der Waals surface area contributed by atoms with E-state index < -0.39 is 12.3 Å². The van der Waals surface area contributed by atoms with E-state index in [4.69, 9.17) is 9.47 Å². The lowest BCUT2D eigenvalue weighted by Gasteiger charge is -2.15. The van der Waals surface area contributed by atoms with Gasteiger partial charge in [-0.1, -0.05) is 11.6 Å². The van der Waals surface area contributed by atoms with Crippen molar-refractivity contribution in [3.8, 4) is 17.2 Å². The first kappa shape index (κ1) is 24.9. The van der Waals surface area contributed by atoms with Crippen molar-refractivity contribution in [2.24, 2.45) is 0 Å². The molecule has 3 rings (SSSR count). The Kier molecular flexibility index (Phi) is 7.38. The van der Waals surface area contributed by atoms with E-state index in [0.717, 1.165) is 23.3 Å². The number of allylic oxidation sites excluding steroid dienone is 2. The second-order valence-corrected chi connectivity index (χ2v) is 7.79. The molecule has 1 aliphatic heterocycles. The summed E-state index contributed by atoms with van der Waals surface area (Å²) in [6.07, 6.45) is -2.11. The number of amides is 1. The number of benzene rings is 2. The number of hydrogen-bond acceptors (Lipinski definition) is 6. The Morgan fingerprint density at radius 2 is 1.91 bits per heavy atom. The molecule has 0 spiro atoms. The van der Waals surface area contributed by atoms with E-state index in [1.165, 1.54) is 19.2 Å². The van der Waals surface area contributed by atoms with Gasteiger partial charge in [-0.25, -0.2) is 4.79 Å². The van der Waals surface area contributed by atoms with Crippen molar-refractivity contribution in [3.05, 3.63) is 58.2 Å². The summed E-state index contributed by atoms with van der Waals surface area (Å²) in [5.74, 6) is -0.948. The largest absolute Gasteiger partial charge is 0.573 e. The number of carbonyl (C=O) groups is 2. The van der Waals surface area contributed by atoms with Gasteiger partial charge in [0.15, 0.2) is 0 Å². The number of methoxy groups -OCH3 is 1. The molecule has 0 radical (unpaired) electrons. The van der Waals surface area contributed by atoms with Gasteiger partial charge in [-0.2, -0.15) is 0 Å². The molecule has 0 fully saturated rings. The van der Waals surface area contributed by atoms with Crippen LogP contribution in [0.25, 0.3) is 0 Å². The van der Waals surface area contributed by atoms with Crippen LogP contribution < -0.4 is 14.8 Å². The molecule has 0 unspecified atom stereocenters. The van der Waals surface area contributed by atoms with Crippen LogP contribution in [-0.4, -0.2) is 30.5 Å². The van der Waals surface area contributed by atoms with Crippen molar-refractivity contribution in [2.45, 2.75) is 46.1 Å². The topological polar surface area (TPSA) is 94.1 Å². The quantitative estimate of drug-likeness (QED) is 0.400. The molecule has 0 aliphatic carbocycles. The number of aromatic hydroxyl groups is 1. The highest BCUT2D eigenvalue weighted by atomic mass is 19.4. The molecular formula is C24H24F3NO6. The zero-order chi connectivity index (χ0) is 25.0. The summed E-state index contributed by atoms with van der Waals surface area (Å²) in [6, 6.07) is 4.86. The van der Waals surface area contributed by atoms with Crippen molar-refractivity contribution in [1.82, 2.24) is 0 Å². The fraction of sp³-hybridized carbons (Fsp3) is 0.333. The van der Waals surface area contributed by atoms with Crippen molar-refractivity contribution in [3.63, 3.8) is 0 Å². The number of fused-ring (bicyclic) bond motifs is 1. The Bertz CT molecular complexity index is 1120. The number of phenols is 1. The van der Waals surface area contributed by atoms with Gasteiger partial charge in [0.25, 0.3) is 0 Å². The number of cyclic esters (lactones) is 1. The van der Waals surface area contributed by atoms with Gasteiger partial charge in [0.05, 0.1) is 7.11 Å². The number of ether oxygens (including phenoxy) is 3. The van der Waals surface area contributed by atoms with E-state index in [9.17, 15) is 27.9 Å². The standard InChI is InChI=1S/C24H24F3NO6/c1-13(5-11-19(29)28-15-6-8-16(9-7-15)34-24(25,26)27)4-10-17-21(30)20-18(12-33-23(20)31)14(2)22(17)32-3/h4,6-9,30H,5,10-12H2,1-3H3,(H,28,29)/b13-4+. The fourth-order valence-electron chi connectivity index (χ4n) is 3.68. The summed E-state index contributed by atoms with van der Waals surface area (Å²) >= 11 is 0. The van der Waals surface area contributed by atoms with Crippen LogP contribution in [-0.2, 0) is 22.6 Å². The zero-order valence-electron chi connectivity index (χ0n) is 18.8. The van der Waals surface area contributed by atoms with E-state index in [0.29, 0.717) is 29.0 Å². The summed E-state index contributed by atoms with van der Waals surface area (Å²) in [7, 11) is 1.48. The van der Waals surface area contributed by atoms with Crippen LogP contribution in [0.3, 0.4) is 0 Å². The Morgan fingerprint density at radius 3 is 2.53 bits per heavy atom. The van der Waals surface area contributed by atoms with E-state index in [2.05, 4.69) is 10.1 Å². The SMILES string of the molecule is COc1c(C)c2c(c(O)c1C/C=C(\C)CCC(=O)Nc1ccc(OC(F)(F)F)cc1)C(=O)OC2. The minimum Gasteiger partial charge on any atom is -0.507 e. The molecule has 1 heterocycles. The Balaban J connectivity index is 1.60. The average molecular weight is 479 g/mol. The molecule has 34 heavy (non-hydrogen) atoms. The second-order valence-electron chi connectivity index (χ2n) is 7.79. The minimum atomic E-state index is -4.78. The van der Waals surface area contributed by atoms with Crippen LogP contribution in [0.4, 0.5) is 18.9 Å². The molecule has 0 bridgehead atoms. The number of anilines is 1. The molecule has 0 atom stereocenters. The first-order valence-electron chi connectivity index (χ1n) is 10.4. The number of rotatable bonds is 8. The van der Waals surface area contributed by atoms with Gasteiger partial charge in [-0.05, 0) is 56.5 Å². The summed E-state index contributed by atoms with van der Waals surface area (Å²) in [5.41, 5.74) is 3.17. The molecule has 2 aromatic rings. The van der Waals surface area contributed by atoms with Gasteiger partial charge in [-0.15, -0.1) is 13.2 Å². The number of carbonyl (C=O) groups excluding carboxylic acids is 2. The van der Waals surface area contributed by atoms with Gasteiger partial charge in [0.1, 0.15) is 29.4 Å². The second kappa shape index (κ2) is 10.1. The third kappa shape index (κ3) is 5.81. The summed E-state index contributed by atoms with van der Waals surface area (Å²) in [4.78, 5) is 24.2. The molecule has 1 amide bonds. The maximum atomic E-state index is 12.2. The van der Waals surface area contributed by atoms with E-state index in [1.54, 1.807) is 6.92 Å². The van der Waals surface area contributed by atoms with Gasteiger partial charge in [0, 0.05) is 23.2 Å². The number of alkyl halides is 3. The first-order chi connectivity index (χ1) is 16.0. The highest BCUT2D eigenvalue weighted by molar-refractivity contribution is 5.98. The van der Waals surface area contributed by atoms with Crippen molar-refractivity contribution in [1.29, 1.82) is 0 Å². The molecule has 10 heteroatoms. The van der Waals surface area contributed by atoms with E-state index in [-0.39, 0.29) is 42.4 Å². The lowest BCUT2D eigenvalue weighted by molar-refractivity contribution is -0.274. The van der Waals surface area contributed by atoms with E-state index in [1.807, 2.05) is 13.0 Å². The average Bonchev–Trinajstić information content (AvgIpc) is 3.16. The fourth-order valence-corrected chi connectivity index (χ4v) is 3.68. The van der Waals surface area contributed by atoms with Crippen molar-refractivity contribution < 1.29 is 42.1 Å². The summed E-state index contributed by atoms with van der Waals surface area (Å²) < 4.78 is 50.9. The molecular weight excluding hydrogens is 455 g/mol. The number of hydrogen-bond donors (Lipinski definition) is 2. The van der Waals surface area contributed by atoms with Crippen LogP contribution >= 0.6 is 0 Å². The lowest BCUT2D eigenvalue weighted by Crippen LogP contribution is -2.17. The Hall–Kier alpha value is -3.69. The van der Waals surface area contributed by atoms with Crippen molar-refractivity contribution in [2.75, 3.05) is 12.4 Å². The molecule has 0 aromatic heterocycles. The Morgan fingerprint density at radius 1 is 1.24 bits per heavy atom. The highest BCUT2D eigenvalue weighted by Crippen LogP contribution is 2.42. The highest BCUT2D eigenvalue weighted by Gasteiger charge is 2.32. The number of halogens is 3. The third-order valence-electron chi connectivity index (χ3n) is 5.42. The van der Waals surface area contributed by atoms with Crippen LogP contribution in [0.1, 0.15) is 46.8 Å². The third-order valence-corrected chi connectivity index (χ3v) is 5.42. The number of nitrogens with one attached hydrogen (secondary N) is 1. The molecule has 2 aromatic carbocycles. The maximum absolute atomic E-state index is 12.2. The van der Waals surface area contributed by atoms with Crippen molar-refractivity contribution >= 4 is 17.6 Å². The predicted molar refractivity (Wildman–Crippen MR) is 117 cm³/mol. The summed E-state index contributed by atoms with van der Waals surface area (Å²) in [6.45, 7) is 3.71. The van der Waals surface area contributed by atoms with Gasteiger partial charge in [-0.3, -0.25) is 4.79 Å². The van der Waals surface area contributed by atoms with Crippen LogP contribution in [0.15, 0.2) is 35.9 Å². The van der Waals surface area contributed by atoms with Gasteiger partial charge < -0.3 is 24.6 Å². The monoisotopic (exact) mass is 479 g/mol. The number of phenolic OH excluding ortho intramolecular Hbond substituents is 1. The van der Waals surface area contributed by atoms with Gasteiger partial charge >= 0.3 is 12.3 Å². The Labute approximate surface area is 194 Å². The molecule has 0 saturated carbocycles. The molecule has 1 aliphatic rings. The molecule has 2 N–H and O–H groups in total. The minimum absolute atomic E-state index is 0.0895. The van der Waals surface area contributed by atoms with Crippen LogP contribution in [0, 0.1) is 6.92 Å². The van der Waals surface area contributed by atoms with Crippen LogP contribution in [0.5, 0.6) is 17.2 Å². The maximum Gasteiger partial charge on any atom is 0.573 e. The molecule has 182 valence electrons. The van der Waals surface area contributed by atoms with Gasteiger partial charge in [0.2, 0.25) is 5.91 Å². The predicted octanol–water partition coefficient (Wildman–Crippen LogP) is 5.19. The van der Waals surface area contributed by atoms with Crippen LogP contribution in [0.2, 0.25) is 0 Å². The lowest BCUT2D eigenvalue weighted by atomic mass is 9.94. The van der Waals surface area contributed by atoms with E-state index >= 15 is 0 Å². The first-order valence-corrected chi connectivity index (χ1v) is 10.4. The smallest absolute Gasteiger partial charge is 0.507 e. The normalized spacial score (nSPS) is 13.4.